The topological polar surface area (TPSA) is 75.4 Å². The van der Waals surface area contributed by atoms with E-state index in [0.29, 0.717) is 18.9 Å². The molecule has 1 fully saturated rings. The molecular formula is C12H14F2N2O3. The average molecular weight is 272 g/mol. The van der Waals surface area contributed by atoms with Gasteiger partial charge in [0.1, 0.15) is 11.5 Å². The summed E-state index contributed by atoms with van der Waals surface area (Å²) in [7, 11) is 0. The van der Waals surface area contributed by atoms with Gasteiger partial charge in [0.2, 0.25) is 5.82 Å². The van der Waals surface area contributed by atoms with Crippen LogP contribution in [0.15, 0.2) is 12.1 Å². The van der Waals surface area contributed by atoms with Crippen LogP contribution in [0.2, 0.25) is 0 Å². The highest BCUT2D eigenvalue weighted by Crippen LogP contribution is 2.37. The summed E-state index contributed by atoms with van der Waals surface area (Å²) in [6, 6.07) is 1.36. The highest BCUT2D eigenvalue weighted by molar-refractivity contribution is 5.63. The van der Waals surface area contributed by atoms with Gasteiger partial charge in [0.05, 0.1) is 17.1 Å². The van der Waals surface area contributed by atoms with Gasteiger partial charge in [-0.05, 0) is 12.8 Å². The summed E-state index contributed by atoms with van der Waals surface area (Å²) in [6.07, 6.45) is 2.94. The van der Waals surface area contributed by atoms with Crippen molar-refractivity contribution in [2.24, 2.45) is 0 Å². The van der Waals surface area contributed by atoms with Crippen LogP contribution in [0.3, 0.4) is 0 Å². The van der Waals surface area contributed by atoms with E-state index in [2.05, 4.69) is 5.32 Å². The molecule has 0 saturated heterocycles. The number of nitro groups is 1. The summed E-state index contributed by atoms with van der Waals surface area (Å²) >= 11 is 0. The van der Waals surface area contributed by atoms with E-state index in [1.165, 1.54) is 0 Å². The van der Waals surface area contributed by atoms with Crippen molar-refractivity contribution < 1.29 is 18.8 Å². The van der Waals surface area contributed by atoms with Crippen molar-refractivity contribution in [2.45, 2.75) is 31.2 Å². The molecule has 0 bridgehead atoms. The fourth-order valence-corrected chi connectivity index (χ4v) is 2.51. The molecule has 0 unspecified atom stereocenters. The summed E-state index contributed by atoms with van der Waals surface area (Å²) in [5.41, 5.74) is -1.75. The Kier molecular flexibility index (Phi) is 3.66. The normalized spacial score (nSPS) is 17.4. The van der Waals surface area contributed by atoms with Crippen LogP contribution in [-0.2, 0) is 0 Å². The van der Waals surface area contributed by atoms with Crippen LogP contribution in [0, 0.1) is 21.7 Å². The number of hydrogen-bond acceptors (Lipinski definition) is 4. The van der Waals surface area contributed by atoms with Crippen LogP contribution in [0.1, 0.15) is 25.7 Å². The van der Waals surface area contributed by atoms with Crippen molar-refractivity contribution in [3.8, 4) is 0 Å². The molecule has 0 amide bonds. The lowest BCUT2D eigenvalue weighted by Gasteiger charge is -2.29. The van der Waals surface area contributed by atoms with Crippen molar-refractivity contribution in [1.82, 2.24) is 0 Å². The Morgan fingerprint density at radius 3 is 2.53 bits per heavy atom. The molecule has 1 saturated carbocycles. The van der Waals surface area contributed by atoms with Crippen molar-refractivity contribution in [2.75, 3.05) is 11.9 Å². The van der Waals surface area contributed by atoms with Crippen molar-refractivity contribution in [3.63, 3.8) is 0 Å². The molecule has 7 heteroatoms. The van der Waals surface area contributed by atoms with Crippen molar-refractivity contribution >= 4 is 11.4 Å². The number of nitrogens with one attached hydrogen (secondary N) is 1. The third-order valence-corrected chi connectivity index (χ3v) is 3.47. The molecule has 0 atom stereocenters. The first-order valence-electron chi connectivity index (χ1n) is 6.00. The van der Waals surface area contributed by atoms with Gasteiger partial charge in [-0.2, -0.15) is 4.39 Å². The maximum absolute atomic E-state index is 13.5. The third kappa shape index (κ3) is 2.65. The molecular weight excluding hydrogens is 258 g/mol. The summed E-state index contributed by atoms with van der Waals surface area (Å²) in [5.74, 6) is -2.12. The van der Waals surface area contributed by atoms with Crippen LogP contribution in [-0.4, -0.2) is 22.2 Å². The van der Waals surface area contributed by atoms with E-state index in [1.54, 1.807) is 0 Å². The molecule has 104 valence electrons. The van der Waals surface area contributed by atoms with Crippen LogP contribution in [0.5, 0.6) is 0 Å². The molecule has 5 nitrogen and oxygen atoms in total. The van der Waals surface area contributed by atoms with E-state index in [4.69, 9.17) is 0 Å². The van der Waals surface area contributed by atoms with Gasteiger partial charge in [0, 0.05) is 12.1 Å². The number of anilines is 1. The predicted molar refractivity (Wildman–Crippen MR) is 64.9 cm³/mol. The monoisotopic (exact) mass is 272 g/mol. The van der Waals surface area contributed by atoms with Gasteiger partial charge in [-0.15, -0.1) is 0 Å². The Bertz CT molecular complexity index is 502. The molecule has 0 radical (unpaired) electrons. The Labute approximate surface area is 108 Å². The van der Waals surface area contributed by atoms with Gasteiger partial charge in [-0.3, -0.25) is 10.1 Å². The van der Waals surface area contributed by atoms with Crippen LogP contribution in [0.25, 0.3) is 0 Å². The lowest BCUT2D eigenvalue weighted by Crippen LogP contribution is -2.39. The zero-order valence-electron chi connectivity index (χ0n) is 10.2. The summed E-state index contributed by atoms with van der Waals surface area (Å²) in [4.78, 5) is 9.97. The van der Waals surface area contributed by atoms with E-state index < -0.39 is 27.8 Å². The second-order valence-corrected chi connectivity index (χ2v) is 4.81. The number of aliphatic hydroxyl groups is 1. The van der Waals surface area contributed by atoms with Crippen molar-refractivity contribution in [1.29, 1.82) is 0 Å². The lowest BCUT2D eigenvalue weighted by atomic mass is 9.98. The Balaban J connectivity index is 2.41. The van der Waals surface area contributed by atoms with Gasteiger partial charge in [0.15, 0.2) is 0 Å². The average Bonchev–Trinajstić information content (AvgIpc) is 2.76. The Morgan fingerprint density at radius 1 is 1.37 bits per heavy atom. The SMILES string of the molecule is O=[N+]([O-])c1c(F)cc(F)cc1NC1(CO)CCCC1. The van der Waals surface area contributed by atoms with Gasteiger partial charge >= 0.3 is 5.69 Å². The summed E-state index contributed by atoms with van der Waals surface area (Å²) in [5, 5.41) is 23.1. The van der Waals surface area contributed by atoms with Gasteiger partial charge in [0.25, 0.3) is 0 Å². The third-order valence-electron chi connectivity index (χ3n) is 3.47. The van der Waals surface area contributed by atoms with Gasteiger partial charge in [-0.25, -0.2) is 4.39 Å². The molecule has 0 spiro atoms. The molecule has 1 aliphatic carbocycles. The predicted octanol–water partition coefficient (Wildman–Crippen LogP) is 2.59. The van der Waals surface area contributed by atoms with Crippen LogP contribution in [0.4, 0.5) is 20.2 Å². The van der Waals surface area contributed by atoms with Gasteiger partial charge < -0.3 is 10.4 Å². The largest absolute Gasteiger partial charge is 0.394 e. The molecule has 1 aromatic rings. The fourth-order valence-electron chi connectivity index (χ4n) is 2.51. The zero-order valence-corrected chi connectivity index (χ0v) is 10.2. The number of halogens is 2. The van der Waals surface area contributed by atoms with E-state index in [-0.39, 0.29) is 12.3 Å². The number of benzene rings is 1. The zero-order chi connectivity index (χ0) is 14.0. The maximum Gasteiger partial charge on any atom is 0.327 e. The molecule has 1 aromatic carbocycles. The molecule has 0 heterocycles. The van der Waals surface area contributed by atoms with E-state index in [0.717, 1.165) is 18.9 Å². The molecule has 0 aliphatic heterocycles. The molecule has 19 heavy (non-hydrogen) atoms. The first-order chi connectivity index (χ1) is 8.97. The highest BCUT2D eigenvalue weighted by Gasteiger charge is 2.35. The smallest absolute Gasteiger partial charge is 0.327 e. The molecule has 0 aromatic heterocycles. The Morgan fingerprint density at radius 2 is 2.00 bits per heavy atom. The van der Waals surface area contributed by atoms with Crippen LogP contribution >= 0.6 is 0 Å². The number of hydrogen-bond donors (Lipinski definition) is 2. The minimum atomic E-state index is -1.22. The van der Waals surface area contributed by atoms with E-state index in [1.807, 2.05) is 0 Å². The maximum atomic E-state index is 13.5. The van der Waals surface area contributed by atoms with Crippen LogP contribution < -0.4 is 5.32 Å². The number of rotatable bonds is 4. The second-order valence-electron chi connectivity index (χ2n) is 4.81. The number of aliphatic hydroxyl groups excluding tert-OH is 1. The minimum absolute atomic E-state index is 0.224. The number of nitro benzene ring substituents is 1. The minimum Gasteiger partial charge on any atom is -0.394 e. The second kappa shape index (κ2) is 5.08. The van der Waals surface area contributed by atoms with E-state index in [9.17, 15) is 24.0 Å². The summed E-state index contributed by atoms with van der Waals surface area (Å²) < 4.78 is 26.7. The lowest BCUT2D eigenvalue weighted by molar-refractivity contribution is -0.386. The Hall–Kier alpha value is -1.76. The first kappa shape index (κ1) is 13.7. The first-order valence-corrected chi connectivity index (χ1v) is 6.00. The fraction of sp³-hybridized carbons (Fsp3) is 0.500. The molecule has 2 N–H and O–H groups in total. The van der Waals surface area contributed by atoms with E-state index >= 15 is 0 Å². The molecule has 2 rings (SSSR count). The quantitative estimate of drug-likeness (QED) is 0.652. The highest BCUT2D eigenvalue weighted by atomic mass is 19.1. The van der Waals surface area contributed by atoms with Gasteiger partial charge in [-0.1, -0.05) is 12.8 Å². The molecule has 1 aliphatic rings. The number of nitrogens with zero attached hydrogens (tertiary/aromatic N) is 1. The standard InChI is InChI=1S/C12H14F2N2O3/c13-8-5-9(14)11(16(18)19)10(6-8)15-12(7-17)3-1-2-4-12/h5-6,15,17H,1-4,7H2. The summed E-state index contributed by atoms with van der Waals surface area (Å²) in [6.45, 7) is -0.234. The van der Waals surface area contributed by atoms with Crippen molar-refractivity contribution in [3.05, 3.63) is 33.9 Å².